The summed E-state index contributed by atoms with van der Waals surface area (Å²) in [6, 6.07) is 39.8. The number of carbonyl (C=O) groups excluding carboxylic acids is 1. The summed E-state index contributed by atoms with van der Waals surface area (Å²) < 4.78 is 39.0. The standard InChI is InChI=1S/C47H49N5O4S2/c1-4-44-49-45-39(42-26-16-32-57-42)23-14-27-43(45)58(54,55)52(44)41(46(53)50-30-28-38(56-3)29-31-50)25-15-24-40-34(2)51(33-48-40)47(35-17-8-5-9-18-35,36-19-10-6-11-20-36)37-21-12-7-13-22-37/h5-14,16-23,26-27,32-33,38,41H,4,15,24-25,28-31H2,1-3H3/t41-/m0/s1. The van der Waals surface area contributed by atoms with Crippen molar-refractivity contribution in [3.8, 4) is 10.4 Å². The van der Waals surface area contributed by atoms with Gasteiger partial charge < -0.3 is 14.2 Å². The van der Waals surface area contributed by atoms with Crippen molar-refractivity contribution in [2.45, 2.75) is 75.0 Å². The number of likely N-dealkylation sites (tertiary alicyclic amines) is 1. The highest BCUT2D eigenvalue weighted by atomic mass is 32.2. The molecule has 4 heterocycles. The van der Waals surface area contributed by atoms with Crippen molar-refractivity contribution in [1.82, 2.24) is 18.8 Å². The number of methoxy groups -OCH3 is 1. The largest absolute Gasteiger partial charge is 0.381 e. The summed E-state index contributed by atoms with van der Waals surface area (Å²) in [4.78, 5) is 27.7. The molecule has 6 aromatic rings. The highest BCUT2D eigenvalue weighted by Gasteiger charge is 2.44. The number of benzene rings is 4. The van der Waals surface area contributed by atoms with E-state index >= 15 is 0 Å². The summed E-state index contributed by atoms with van der Waals surface area (Å²) in [5.74, 6) is 0.177. The highest BCUT2D eigenvalue weighted by molar-refractivity contribution is 7.90. The van der Waals surface area contributed by atoms with Gasteiger partial charge in [0.05, 0.1) is 23.8 Å². The fourth-order valence-corrected chi connectivity index (χ4v) is 11.4. The molecule has 4 aromatic carbocycles. The minimum Gasteiger partial charge on any atom is -0.381 e. The van der Waals surface area contributed by atoms with Crippen LogP contribution < -0.4 is 0 Å². The number of ether oxygens (including phenoxy) is 1. The number of nitrogens with zero attached hydrogens (tertiary/aromatic N) is 5. The molecule has 0 saturated carbocycles. The predicted molar refractivity (Wildman–Crippen MR) is 231 cm³/mol. The number of para-hydroxylation sites is 1. The van der Waals surface area contributed by atoms with Crippen molar-refractivity contribution in [2.24, 2.45) is 4.99 Å². The Hall–Kier alpha value is -5.36. The van der Waals surface area contributed by atoms with E-state index in [9.17, 15) is 13.2 Å². The number of imidazole rings is 1. The lowest BCUT2D eigenvalue weighted by molar-refractivity contribution is -0.137. The number of hydrogen-bond donors (Lipinski definition) is 0. The first kappa shape index (κ1) is 39.5. The molecule has 0 bridgehead atoms. The number of hydrogen-bond acceptors (Lipinski definition) is 7. The molecule has 8 rings (SSSR count). The summed E-state index contributed by atoms with van der Waals surface area (Å²) in [6.45, 7) is 5.01. The number of amides is 1. The van der Waals surface area contributed by atoms with Gasteiger partial charge in [0, 0.05) is 42.8 Å². The second kappa shape index (κ2) is 16.9. The molecule has 0 unspecified atom stereocenters. The van der Waals surface area contributed by atoms with Crippen molar-refractivity contribution in [1.29, 1.82) is 0 Å². The molecule has 298 valence electrons. The zero-order valence-electron chi connectivity index (χ0n) is 33.2. The lowest BCUT2D eigenvalue weighted by Gasteiger charge is -2.39. The van der Waals surface area contributed by atoms with Gasteiger partial charge in [-0.3, -0.25) is 4.79 Å². The molecule has 1 saturated heterocycles. The molecule has 0 radical (unpaired) electrons. The quantitative estimate of drug-likeness (QED) is 0.108. The molecule has 9 nitrogen and oxygen atoms in total. The number of rotatable bonds is 13. The molecule has 1 fully saturated rings. The summed E-state index contributed by atoms with van der Waals surface area (Å²) in [5.41, 5.74) is 5.70. The highest BCUT2D eigenvalue weighted by Crippen LogP contribution is 2.44. The molecule has 1 amide bonds. The van der Waals surface area contributed by atoms with Crippen LogP contribution in [0, 0.1) is 6.92 Å². The Balaban J connectivity index is 1.16. The number of aromatic nitrogens is 2. The van der Waals surface area contributed by atoms with Crippen molar-refractivity contribution in [3.63, 3.8) is 0 Å². The van der Waals surface area contributed by atoms with Crippen LogP contribution in [-0.4, -0.2) is 71.3 Å². The number of fused-ring (bicyclic) bond motifs is 1. The summed E-state index contributed by atoms with van der Waals surface area (Å²) >= 11 is 1.54. The van der Waals surface area contributed by atoms with Gasteiger partial charge in [-0.1, -0.05) is 116 Å². The van der Waals surface area contributed by atoms with Crippen LogP contribution in [-0.2, 0) is 31.5 Å². The summed E-state index contributed by atoms with van der Waals surface area (Å²) in [5, 5.41) is 1.97. The molecular formula is C47H49N5O4S2. The molecule has 0 aliphatic carbocycles. The van der Waals surface area contributed by atoms with Gasteiger partial charge in [-0.25, -0.2) is 22.7 Å². The Bertz CT molecular complexity index is 2380. The lowest BCUT2D eigenvalue weighted by Crippen LogP contribution is -2.55. The van der Waals surface area contributed by atoms with E-state index in [-0.39, 0.29) is 16.9 Å². The van der Waals surface area contributed by atoms with Crippen LogP contribution in [0.1, 0.15) is 67.1 Å². The van der Waals surface area contributed by atoms with E-state index in [1.165, 1.54) is 4.31 Å². The van der Waals surface area contributed by atoms with Crippen LogP contribution in [0.3, 0.4) is 0 Å². The number of aliphatic imine (C=N–C) groups is 1. The first-order chi connectivity index (χ1) is 28.3. The molecule has 0 N–H and O–H groups in total. The lowest BCUT2D eigenvalue weighted by atomic mass is 9.76. The Labute approximate surface area is 345 Å². The van der Waals surface area contributed by atoms with Crippen molar-refractivity contribution in [2.75, 3.05) is 20.2 Å². The first-order valence-electron chi connectivity index (χ1n) is 20.1. The number of carbonyl (C=O) groups is 1. The number of thiophene rings is 1. The van der Waals surface area contributed by atoms with Crippen LogP contribution in [0.4, 0.5) is 5.69 Å². The summed E-state index contributed by atoms with van der Waals surface area (Å²) in [6.07, 6.45) is 5.13. The monoisotopic (exact) mass is 811 g/mol. The molecule has 2 aliphatic heterocycles. The molecule has 0 spiro atoms. The van der Waals surface area contributed by atoms with Crippen molar-refractivity contribution in [3.05, 3.63) is 161 Å². The normalized spacial score (nSPS) is 16.2. The Morgan fingerprint density at radius 2 is 1.48 bits per heavy atom. The third-order valence-corrected chi connectivity index (χ3v) is 14.5. The Kier molecular flexibility index (Phi) is 11.5. The Morgan fingerprint density at radius 1 is 0.862 bits per heavy atom. The fourth-order valence-electron chi connectivity index (χ4n) is 8.79. The first-order valence-corrected chi connectivity index (χ1v) is 22.4. The average molecular weight is 812 g/mol. The number of aryl methyl sites for hydroxylation is 1. The van der Waals surface area contributed by atoms with E-state index in [2.05, 4.69) is 84.3 Å². The van der Waals surface area contributed by atoms with Gasteiger partial charge >= 0.3 is 0 Å². The van der Waals surface area contributed by atoms with Crippen LogP contribution in [0.25, 0.3) is 10.4 Å². The molecule has 2 aliphatic rings. The maximum absolute atomic E-state index is 14.9. The maximum atomic E-state index is 14.9. The van der Waals surface area contributed by atoms with Gasteiger partial charge in [0.1, 0.15) is 22.3 Å². The minimum absolute atomic E-state index is 0.0735. The number of amidine groups is 1. The molecule has 11 heteroatoms. The van der Waals surface area contributed by atoms with E-state index in [0.717, 1.165) is 38.5 Å². The van der Waals surface area contributed by atoms with Crippen molar-refractivity contribution < 1.29 is 17.9 Å². The summed E-state index contributed by atoms with van der Waals surface area (Å²) in [7, 11) is -2.45. The second-order valence-electron chi connectivity index (χ2n) is 14.9. The Morgan fingerprint density at radius 3 is 2.03 bits per heavy atom. The van der Waals surface area contributed by atoms with Gasteiger partial charge in [0.2, 0.25) is 5.91 Å². The van der Waals surface area contributed by atoms with E-state index in [0.29, 0.717) is 63.1 Å². The predicted octanol–water partition coefficient (Wildman–Crippen LogP) is 9.23. The number of sulfonamides is 1. The van der Waals surface area contributed by atoms with Crippen LogP contribution in [0.2, 0.25) is 0 Å². The second-order valence-corrected chi connectivity index (χ2v) is 17.7. The van der Waals surface area contributed by atoms with Gasteiger partial charge in [-0.15, -0.1) is 11.3 Å². The topological polar surface area (TPSA) is 97.1 Å². The van der Waals surface area contributed by atoms with Gasteiger partial charge in [-0.05, 0) is 73.2 Å². The van der Waals surface area contributed by atoms with Crippen LogP contribution in [0.15, 0.2) is 143 Å². The van der Waals surface area contributed by atoms with Gasteiger partial charge in [-0.2, -0.15) is 0 Å². The number of piperidine rings is 1. The fraction of sp³-hybridized carbons (Fsp3) is 0.298. The van der Waals surface area contributed by atoms with E-state index in [4.69, 9.17) is 14.7 Å². The van der Waals surface area contributed by atoms with Crippen LogP contribution in [0.5, 0.6) is 0 Å². The zero-order valence-corrected chi connectivity index (χ0v) is 34.8. The van der Waals surface area contributed by atoms with Crippen LogP contribution >= 0.6 is 11.3 Å². The minimum atomic E-state index is -4.15. The molecule has 2 aromatic heterocycles. The smallest absolute Gasteiger partial charge is 0.268 e. The molecule has 58 heavy (non-hydrogen) atoms. The molecule has 1 atom stereocenters. The zero-order chi connectivity index (χ0) is 40.3. The maximum Gasteiger partial charge on any atom is 0.268 e. The average Bonchev–Trinajstić information content (AvgIpc) is 3.94. The molecular weight excluding hydrogens is 763 g/mol. The van der Waals surface area contributed by atoms with Gasteiger partial charge in [0.25, 0.3) is 10.0 Å². The van der Waals surface area contributed by atoms with E-state index in [1.807, 2.05) is 59.9 Å². The van der Waals surface area contributed by atoms with E-state index < -0.39 is 21.6 Å². The SMILES string of the molecule is CCC1=Nc2c(-c3cccs3)cccc2S(=O)(=O)N1[C@@H](CCCc1ncn(C(c2ccccc2)(c2ccccc2)c2ccccc2)c1C)C(=O)N1CCC(OC)CC1. The van der Waals surface area contributed by atoms with E-state index in [1.54, 1.807) is 30.6 Å². The third kappa shape index (κ3) is 7.09. The third-order valence-electron chi connectivity index (χ3n) is 11.7. The van der Waals surface area contributed by atoms with Crippen molar-refractivity contribution >= 4 is 38.8 Å². The van der Waals surface area contributed by atoms with Gasteiger partial charge in [0.15, 0.2) is 0 Å².